The van der Waals surface area contributed by atoms with Gasteiger partial charge in [0.25, 0.3) is 0 Å². The van der Waals surface area contributed by atoms with Crippen LogP contribution in [-0.2, 0) is 17.9 Å². The van der Waals surface area contributed by atoms with Crippen molar-refractivity contribution in [3.8, 4) is 5.75 Å². The summed E-state index contributed by atoms with van der Waals surface area (Å²) >= 11 is 0. The molecule has 0 aromatic heterocycles. The summed E-state index contributed by atoms with van der Waals surface area (Å²) in [7, 11) is 3.27. The molecule has 18 heavy (non-hydrogen) atoms. The quantitative estimate of drug-likeness (QED) is 0.855. The van der Waals surface area contributed by atoms with Crippen LogP contribution in [0, 0.1) is 0 Å². The van der Waals surface area contributed by atoms with E-state index in [-0.39, 0.29) is 6.61 Å². The third-order valence-corrected chi connectivity index (χ3v) is 2.25. The van der Waals surface area contributed by atoms with E-state index in [2.05, 4.69) is 10.1 Å². The van der Waals surface area contributed by atoms with E-state index >= 15 is 0 Å². The van der Waals surface area contributed by atoms with Crippen molar-refractivity contribution in [3.63, 3.8) is 0 Å². The minimum absolute atomic E-state index is 0.125. The Labute approximate surface area is 104 Å². The minimum Gasteiger partial charge on any atom is -0.496 e. The molecule has 0 aliphatic rings. The van der Waals surface area contributed by atoms with Crippen molar-refractivity contribution < 1.29 is 22.6 Å². The predicted octanol–water partition coefficient (Wildman–Crippen LogP) is 2.49. The summed E-state index contributed by atoms with van der Waals surface area (Å²) in [5, 5.41) is 2.97. The molecular weight excluding hydrogens is 247 g/mol. The van der Waals surface area contributed by atoms with Gasteiger partial charge in [-0.05, 0) is 24.7 Å². The molecule has 0 radical (unpaired) electrons. The van der Waals surface area contributed by atoms with Crippen LogP contribution in [0.2, 0.25) is 0 Å². The molecule has 0 atom stereocenters. The van der Waals surface area contributed by atoms with Gasteiger partial charge in [0.1, 0.15) is 12.4 Å². The molecule has 0 saturated heterocycles. The van der Waals surface area contributed by atoms with Crippen LogP contribution >= 0.6 is 0 Å². The van der Waals surface area contributed by atoms with E-state index in [1.54, 1.807) is 19.2 Å². The molecule has 0 heterocycles. The topological polar surface area (TPSA) is 30.5 Å². The van der Waals surface area contributed by atoms with Crippen molar-refractivity contribution in [1.29, 1.82) is 0 Å². The normalized spacial score (nSPS) is 11.6. The van der Waals surface area contributed by atoms with Crippen molar-refractivity contribution in [2.24, 2.45) is 0 Å². The number of benzene rings is 1. The third-order valence-electron chi connectivity index (χ3n) is 2.25. The van der Waals surface area contributed by atoms with E-state index in [0.29, 0.717) is 17.9 Å². The van der Waals surface area contributed by atoms with Crippen LogP contribution in [-0.4, -0.2) is 26.9 Å². The summed E-state index contributed by atoms with van der Waals surface area (Å²) in [4.78, 5) is 0. The summed E-state index contributed by atoms with van der Waals surface area (Å²) < 4.78 is 45.6. The van der Waals surface area contributed by atoms with E-state index in [9.17, 15) is 13.2 Å². The summed E-state index contributed by atoms with van der Waals surface area (Å²) in [6.07, 6.45) is -4.31. The molecule has 1 aromatic carbocycles. The van der Waals surface area contributed by atoms with Crippen LogP contribution in [0.25, 0.3) is 0 Å². The van der Waals surface area contributed by atoms with Gasteiger partial charge in [-0.3, -0.25) is 0 Å². The highest BCUT2D eigenvalue weighted by atomic mass is 19.4. The van der Waals surface area contributed by atoms with Gasteiger partial charge in [0.2, 0.25) is 0 Å². The van der Waals surface area contributed by atoms with E-state index in [1.165, 1.54) is 7.11 Å². The molecule has 0 saturated carbocycles. The zero-order valence-corrected chi connectivity index (χ0v) is 10.3. The van der Waals surface area contributed by atoms with E-state index in [0.717, 1.165) is 5.56 Å². The molecule has 0 spiro atoms. The maximum Gasteiger partial charge on any atom is 0.411 e. The first kappa shape index (κ1) is 14.8. The highest BCUT2D eigenvalue weighted by molar-refractivity contribution is 5.36. The number of hydrogen-bond donors (Lipinski definition) is 1. The van der Waals surface area contributed by atoms with Crippen LogP contribution < -0.4 is 10.1 Å². The highest BCUT2D eigenvalue weighted by Crippen LogP contribution is 2.22. The summed E-state index contributed by atoms with van der Waals surface area (Å²) in [5.41, 5.74) is 1.57. The lowest BCUT2D eigenvalue weighted by atomic mass is 10.1. The molecule has 0 fully saturated rings. The average molecular weight is 263 g/mol. The fourth-order valence-corrected chi connectivity index (χ4v) is 1.54. The summed E-state index contributed by atoms with van der Waals surface area (Å²) in [5.74, 6) is 0.525. The molecule has 0 amide bonds. The second-order valence-electron chi connectivity index (χ2n) is 3.78. The lowest BCUT2D eigenvalue weighted by molar-refractivity contribution is -0.176. The Balaban J connectivity index is 2.69. The lowest BCUT2D eigenvalue weighted by Crippen LogP contribution is -2.17. The van der Waals surface area contributed by atoms with Crippen LogP contribution in [0.1, 0.15) is 11.1 Å². The van der Waals surface area contributed by atoms with Gasteiger partial charge < -0.3 is 14.8 Å². The molecule has 6 heteroatoms. The minimum atomic E-state index is -4.31. The predicted molar refractivity (Wildman–Crippen MR) is 61.5 cm³/mol. The standard InChI is InChI=1S/C12H16F3NO2/c1-16-6-9-3-4-11(17-2)10(5-9)7-18-8-12(13,14)15/h3-5,16H,6-8H2,1-2H3. The molecule has 1 rings (SSSR count). The summed E-state index contributed by atoms with van der Waals surface area (Å²) in [6, 6.07) is 5.34. The first-order valence-electron chi connectivity index (χ1n) is 5.41. The molecular formula is C12H16F3NO2. The van der Waals surface area contributed by atoms with Crippen molar-refractivity contribution in [3.05, 3.63) is 29.3 Å². The largest absolute Gasteiger partial charge is 0.496 e. The molecule has 102 valence electrons. The van der Waals surface area contributed by atoms with Crippen LogP contribution in [0.4, 0.5) is 13.2 Å². The second-order valence-corrected chi connectivity index (χ2v) is 3.78. The first-order chi connectivity index (χ1) is 8.46. The number of rotatable bonds is 6. The highest BCUT2D eigenvalue weighted by Gasteiger charge is 2.27. The molecule has 0 unspecified atom stereocenters. The molecule has 0 aliphatic heterocycles. The Morgan fingerprint density at radius 3 is 2.56 bits per heavy atom. The number of ether oxygens (including phenoxy) is 2. The second kappa shape index (κ2) is 6.61. The van der Waals surface area contributed by atoms with E-state index in [1.807, 2.05) is 6.07 Å². The van der Waals surface area contributed by atoms with Gasteiger partial charge in [0.05, 0.1) is 13.7 Å². The number of halogens is 3. The van der Waals surface area contributed by atoms with Gasteiger partial charge in [-0.15, -0.1) is 0 Å². The molecule has 0 aliphatic carbocycles. The zero-order valence-electron chi connectivity index (χ0n) is 10.3. The van der Waals surface area contributed by atoms with Gasteiger partial charge in [0.15, 0.2) is 0 Å². The van der Waals surface area contributed by atoms with Gasteiger partial charge in [0, 0.05) is 12.1 Å². The van der Waals surface area contributed by atoms with Gasteiger partial charge in [-0.1, -0.05) is 6.07 Å². The Hall–Kier alpha value is -1.27. The number of alkyl halides is 3. The zero-order chi connectivity index (χ0) is 13.6. The smallest absolute Gasteiger partial charge is 0.411 e. The van der Waals surface area contributed by atoms with Crippen molar-refractivity contribution >= 4 is 0 Å². The van der Waals surface area contributed by atoms with Crippen LogP contribution in [0.15, 0.2) is 18.2 Å². The Morgan fingerprint density at radius 1 is 1.28 bits per heavy atom. The third kappa shape index (κ3) is 4.93. The molecule has 1 N–H and O–H groups in total. The van der Waals surface area contributed by atoms with Gasteiger partial charge >= 0.3 is 6.18 Å². The molecule has 3 nitrogen and oxygen atoms in total. The first-order valence-corrected chi connectivity index (χ1v) is 5.41. The SMILES string of the molecule is CNCc1ccc(OC)c(COCC(F)(F)F)c1. The maximum absolute atomic E-state index is 12.0. The maximum atomic E-state index is 12.0. The Kier molecular flexibility index (Phi) is 5.43. The summed E-state index contributed by atoms with van der Waals surface area (Å²) in [6.45, 7) is -0.747. The number of methoxy groups -OCH3 is 1. The number of nitrogens with one attached hydrogen (secondary N) is 1. The Morgan fingerprint density at radius 2 is 2.00 bits per heavy atom. The average Bonchev–Trinajstić information content (AvgIpc) is 2.28. The molecule has 1 aromatic rings. The number of hydrogen-bond acceptors (Lipinski definition) is 3. The van der Waals surface area contributed by atoms with Crippen LogP contribution in [0.5, 0.6) is 5.75 Å². The fraction of sp³-hybridized carbons (Fsp3) is 0.500. The monoisotopic (exact) mass is 263 g/mol. The van der Waals surface area contributed by atoms with Crippen molar-refractivity contribution in [1.82, 2.24) is 5.32 Å². The van der Waals surface area contributed by atoms with Crippen LogP contribution in [0.3, 0.4) is 0 Å². The van der Waals surface area contributed by atoms with E-state index < -0.39 is 12.8 Å². The fourth-order valence-electron chi connectivity index (χ4n) is 1.54. The van der Waals surface area contributed by atoms with E-state index in [4.69, 9.17) is 4.74 Å². The van der Waals surface area contributed by atoms with Gasteiger partial charge in [-0.25, -0.2) is 0 Å². The van der Waals surface area contributed by atoms with Crippen molar-refractivity contribution in [2.75, 3.05) is 20.8 Å². The lowest BCUT2D eigenvalue weighted by Gasteiger charge is -2.12. The van der Waals surface area contributed by atoms with Crippen molar-refractivity contribution in [2.45, 2.75) is 19.3 Å². The van der Waals surface area contributed by atoms with Gasteiger partial charge in [-0.2, -0.15) is 13.2 Å². The molecule has 0 bridgehead atoms. The Bertz CT molecular complexity index is 380.